The van der Waals surface area contributed by atoms with Crippen molar-refractivity contribution in [3.05, 3.63) is 24.3 Å². The third kappa shape index (κ3) is 5.17. The maximum Gasteiger partial charge on any atom is -0.0279 e. The molecule has 1 rings (SSSR count). The van der Waals surface area contributed by atoms with Crippen LogP contribution in [0.1, 0.15) is 51.4 Å². The van der Waals surface area contributed by atoms with Gasteiger partial charge >= 0.3 is 0 Å². The average molecular weight is 163 g/mol. The minimum absolute atomic E-state index is 1.17. The van der Waals surface area contributed by atoms with Crippen LogP contribution in [0.4, 0.5) is 0 Å². The lowest BCUT2D eigenvalue weighted by molar-refractivity contribution is 0.685. The molecule has 0 unspecified atom stereocenters. The molecular weight excluding hydrogens is 144 g/mol. The summed E-state index contributed by atoms with van der Waals surface area (Å²) in [7, 11) is 0. The quantitative estimate of drug-likeness (QED) is 0.473. The average Bonchev–Trinajstić information content (AvgIpc) is 2.05. The van der Waals surface area contributed by atoms with Gasteiger partial charge in [-0.05, 0) is 51.0 Å². The molecule has 0 nitrogen and oxygen atoms in total. The Hall–Kier alpha value is -0.520. The molecule has 1 radical (unpaired) electrons. The molecule has 0 heteroatoms. The molecule has 0 heterocycles. The highest BCUT2D eigenvalue weighted by Gasteiger charge is 1.88. The summed E-state index contributed by atoms with van der Waals surface area (Å²) in [4.78, 5) is 0. The normalized spacial score (nSPS) is 21.3. The fraction of sp³-hybridized carbons (Fsp3) is 0.667. The van der Waals surface area contributed by atoms with Crippen LogP contribution in [-0.4, -0.2) is 0 Å². The van der Waals surface area contributed by atoms with Gasteiger partial charge in [0.05, 0.1) is 0 Å². The Morgan fingerprint density at radius 1 is 0.750 bits per heavy atom. The molecule has 0 saturated carbocycles. The summed E-state index contributed by atoms with van der Waals surface area (Å²) >= 11 is 0. The van der Waals surface area contributed by atoms with Crippen LogP contribution in [-0.2, 0) is 0 Å². The third-order valence-corrected chi connectivity index (χ3v) is 2.22. The maximum atomic E-state index is 3.35. The molecule has 0 N–H and O–H groups in total. The van der Waals surface area contributed by atoms with Crippen LogP contribution in [0, 0.1) is 6.08 Å². The third-order valence-electron chi connectivity index (χ3n) is 2.22. The zero-order valence-electron chi connectivity index (χ0n) is 7.89. The molecular formula is C12H19. The standard InChI is InChI=1S/C12H19/c1-2-4-6-8-10-12-11-9-7-5-3-1/h1-2,9H,3-8,10,12H2. The molecule has 0 atom stereocenters. The molecule has 0 bridgehead atoms. The minimum Gasteiger partial charge on any atom is -0.0885 e. The van der Waals surface area contributed by atoms with Crippen molar-refractivity contribution in [3.63, 3.8) is 0 Å². The summed E-state index contributed by atoms with van der Waals surface area (Å²) < 4.78 is 0. The topological polar surface area (TPSA) is 0 Å². The predicted molar refractivity (Wildman–Crippen MR) is 53.9 cm³/mol. The lowest BCUT2D eigenvalue weighted by atomic mass is 10.1. The zero-order chi connectivity index (χ0) is 8.49. The first kappa shape index (κ1) is 9.57. The van der Waals surface area contributed by atoms with E-state index in [0.29, 0.717) is 0 Å². The summed E-state index contributed by atoms with van der Waals surface area (Å²) in [6.07, 6.45) is 20.5. The zero-order valence-corrected chi connectivity index (χ0v) is 7.89. The Bertz CT molecular complexity index is 126. The summed E-state index contributed by atoms with van der Waals surface area (Å²) in [6, 6.07) is 0. The van der Waals surface area contributed by atoms with Gasteiger partial charge in [-0.25, -0.2) is 0 Å². The molecule has 0 spiro atoms. The van der Waals surface area contributed by atoms with E-state index in [1.54, 1.807) is 0 Å². The van der Waals surface area contributed by atoms with Crippen LogP contribution in [0.15, 0.2) is 18.2 Å². The monoisotopic (exact) mass is 163 g/mol. The first-order chi connectivity index (χ1) is 6.00. The van der Waals surface area contributed by atoms with E-state index in [4.69, 9.17) is 0 Å². The molecule has 0 aromatic rings. The fourth-order valence-corrected chi connectivity index (χ4v) is 1.44. The number of allylic oxidation sites excluding steroid dienone is 4. The van der Waals surface area contributed by atoms with E-state index < -0.39 is 0 Å². The van der Waals surface area contributed by atoms with E-state index in [-0.39, 0.29) is 0 Å². The summed E-state index contributed by atoms with van der Waals surface area (Å²) in [5.41, 5.74) is 0. The predicted octanol–water partition coefficient (Wildman–Crippen LogP) is 4.04. The van der Waals surface area contributed by atoms with Crippen molar-refractivity contribution in [1.29, 1.82) is 0 Å². The van der Waals surface area contributed by atoms with Gasteiger partial charge in [0, 0.05) is 0 Å². The minimum atomic E-state index is 1.17. The largest absolute Gasteiger partial charge is 0.0885 e. The van der Waals surface area contributed by atoms with Crippen LogP contribution in [0.2, 0.25) is 0 Å². The molecule has 0 aromatic heterocycles. The van der Waals surface area contributed by atoms with Crippen molar-refractivity contribution in [1.82, 2.24) is 0 Å². The van der Waals surface area contributed by atoms with Crippen LogP contribution >= 0.6 is 0 Å². The highest BCUT2D eigenvalue weighted by atomic mass is 13.9. The Balaban J connectivity index is 2.19. The number of hydrogen-bond acceptors (Lipinski definition) is 0. The van der Waals surface area contributed by atoms with Crippen LogP contribution in [0.3, 0.4) is 0 Å². The van der Waals surface area contributed by atoms with E-state index >= 15 is 0 Å². The number of rotatable bonds is 0. The highest BCUT2D eigenvalue weighted by molar-refractivity contribution is 4.84. The lowest BCUT2D eigenvalue weighted by Crippen LogP contribution is -1.78. The molecule has 0 amide bonds. The second kappa shape index (κ2) is 7.15. The Kier molecular flexibility index (Phi) is 5.70. The van der Waals surface area contributed by atoms with Crippen LogP contribution < -0.4 is 0 Å². The molecule has 0 fully saturated rings. The fourth-order valence-electron chi connectivity index (χ4n) is 1.44. The summed E-state index contributed by atoms with van der Waals surface area (Å²) in [6.45, 7) is 0. The second-order valence-corrected chi connectivity index (χ2v) is 3.41. The number of hydrogen-bond donors (Lipinski definition) is 0. The van der Waals surface area contributed by atoms with Crippen molar-refractivity contribution >= 4 is 0 Å². The van der Waals surface area contributed by atoms with E-state index in [2.05, 4.69) is 24.3 Å². The Labute approximate surface area is 76.4 Å². The van der Waals surface area contributed by atoms with Gasteiger partial charge in [-0.2, -0.15) is 0 Å². The molecule has 0 saturated heterocycles. The molecule has 1 aliphatic carbocycles. The van der Waals surface area contributed by atoms with Crippen molar-refractivity contribution in [2.75, 3.05) is 0 Å². The maximum absolute atomic E-state index is 3.35. The van der Waals surface area contributed by atoms with Crippen LogP contribution in [0.5, 0.6) is 0 Å². The molecule has 67 valence electrons. The van der Waals surface area contributed by atoms with E-state index in [1.165, 1.54) is 51.4 Å². The summed E-state index contributed by atoms with van der Waals surface area (Å²) in [5, 5.41) is 0. The van der Waals surface area contributed by atoms with Gasteiger partial charge in [0.1, 0.15) is 0 Å². The van der Waals surface area contributed by atoms with Crippen molar-refractivity contribution in [2.24, 2.45) is 0 Å². The van der Waals surface area contributed by atoms with Gasteiger partial charge in [-0.3, -0.25) is 0 Å². The molecule has 0 aliphatic heterocycles. The summed E-state index contributed by atoms with van der Waals surface area (Å²) in [5.74, 6) is 0. The smallest absolute Gasteiger partial charge is 0.0279 e. The van der Waals surface area contributed by atoms with E-state index in [0.717, 1.165) is 0 Å². The van der Waals surface area contributed by atoms with Gasteiger partial charge in [-0.15, -0.1) is 0 Å². The van der Waals surface area contributed by atoms with Gasteiger partial charge in [0.25, 0.3) is 0 Å². The molecule has 1 aliphatic rings. The van der Waals surface area contributed by atoms with E-state index in [9.17, 15) is 0 Å². The van der Waals surface area contributed by atoms with E-state index in [1.807, 2.05) is 0 Å². The molecule has 12 heavy (non-hydrogen) atoms. The van der Waals surface area contributed by atoms with Crippen molar-refractivity contribution in [3.8, 4) is 0 Å². The van der Waals surface area contributed by atoms with Gasteiger partial charge in [-0.1, -0.05) is 24.6 Å². The Morgan fingerprint density at radius 3 is 2.50 bits per heavy atom. The SMILES string of the molecule is [C]1=CCCCC=CCCCCC1. The lowest BCUT2D eigenvalue weighted by Gasteiger charge is -1.97. The van der Waals surface area contributed by atoms with Gasteiger partial charge in [0.2, 0.25) is 0 Å². The molecule has 0 aromatic carbocycles. The Morgan fingerprint density at radius 2 is 1.58 bits per heavy atom. The van der Waals surface area contributed by atoms with Crippen LogP contribution in [0.25, 0.3) is 0 Å². The van der Waals surface area contributed by atoms with Gasteiger partial charge in [0.15, 0.2) is 0 Å². The first-order valence-electron chi connectivity index (χ1n) is 5.20. The van der Waals surface area contributed by atoms with Crippen molar-refractivity contribution < 1.29 is 0 Å². The second-order valence-electron chi connectivity index (χ2n) is 3.41. The first-order valence-corrected chi connectivity index (χ1v) is 5.20. The van der Waals surface area contributed by atoms with Crippen molar-refractivity contribution in [2.45, 2.75) is 51.4 Å². The highest BCUT2D eigenvalue weighted by Crippen LogP contribution is 2.07. The van der Waals surface area contributed by atoms with Gasteiger partial charge < -0.3 is 0 Å².